The molecule has 14 heavy (non-hydrogen) atoms. The normalized spacial score (nSPS) is 17.9. The lowest BCUT2D eigenvalue weighted by atomic mass is 10.1. The average Bonchev–Trinajstić information content (AvgIpc) is 2.82. The van der Waals surface area contributed by atoms with Gasteiger partial charge in [-0.1, -0.05) is 6.07 Å². The fourth-order valence-electron chi connectivity index (χ4n) is 2.03. The Balaban J connectivity index is 2.07. The van der Waals surface area contributed by atoms with Crippen molar-refractivity contribution in [2.75, 3.05) is 5.32 Å². The molecule has 1 saturated carbocycles. The van der Waals surface area contributed by atoms with Crippen LogP contribution in [-0.2, 0) is 0 Å². The van der Waals surface area contributed by atoms with E-state index in [9.17, 15) is 0 Å². The summed E-state index contributed by atoms with van der Waals surface area (Å²) in [7, 11) is 0. The van der Waals surface area contributed by atoms with Crippen LogP contribution in [0.4, 0.5) is 5.69 Å². The highest BCUT2D eigenvalue weighted by atomic mass is 14.9. The van der Waals surface area contributed by atoms with Crippen LogP contribution in [0.2, 0.25) is 0 Å². The molecule has 0 bridgehead atoms. The summed E-state index contributed by atoms with van der Waals surface area (Å²) in [5.41, 5.74) is 3.97. The Morgan fingerprint density at radius 1 is 1.14 bits per heavy atom. The van der Waals surface area contributed by atoms with Crippen molar-refractivity contribution >= 4 is 5.69 Å². The van der Waals surface area contributed by atoms with E-state index < -0.39 is 0 Å². The Kier molecular flexibility index (Phi) is 2.49. The molecule has 0 unspecified atom stereocenters. The van der Waals surface area contributed by atoms with E-state index in [1.165, 1.54) is 29.7 Å². The van der Waals surface area contributed by atoms with Crippen LogP contribution in [0, 0.1) is 19.8 Å². The van der Waals surface area contributed by atoms with Crippen LogP contribution in [0.1, 0.15) is 30.9 Å². The second-order valence-electron chi connectivity index (χ2n) is 4.65. The molecule has 1 fully saturated rings. The van der Waals surface area contributed by atoms with Crippen molar-refractivity contribution in [1.29, 1.82) is 0 Å². The summed E-state index contributed by atoms with van der Waals surface area (Å²) < 4.78 is 0. The molecule has 2 rings (SSSR count). The van der Waals surface area contributed by atoms with Gasteiger partial charge < -0.3 is 5.32 Å². The summed E-state index contributed by atoms with van der Waals surface area (Å²) in [4.78, 5) is 0. The minimum Gasteiger partial charge on any atom is -0.382 e. The van der Waals surface area contributed by atoms with E-state index in [4.69, 9.17) is 0 Å². The molecule has 1 aromatic rings. The summed E-state index contributed by atoms with van der Waals surface area (Å²) in [6.45, 7) is 6.59. The van der Waals surface area contributed by atoms with E-state index in [1.807, 2.05) is 0 Å². The molecule has 0 spiro atoms. The Morgan fingerprint density at radius 3 is 2.21 bits per heavy atom. The zero-order valence-electron chi connectivity index (χ0n) is 9.30. The first-order chi connectivity index (χ1) is 6.65. The van der Waals surface area contributed by atoms with Crippen molar-refractivity contribution in [1.82, 2.24) is 0 Å². The van der Waals surface area contributed by atoms with E-state index in [-0.39, 0.29) is 0 Å². The predicted molar refractivity (Wildman–Crippen MR) is 61.7 cm³/mol. The molecule has 1 aliphatic rings. The number of rotatable bonds is 3. The minimum atomic E-state index is 0.635. The van der Waals surface area contributed by atoms with E-state index in [0.717, 1.165) is 5.92 Å². The van der Waals surface area contributed by atoms with Gasteiger partial charge in [-0.05, 0) is 62.8 Å². The number of anilines is 1. The first-order valence-corrected chi connectivity index (χ1v) is 5.50. The average molecular weight is 189 g/mol. The Hall–Kier alpha value is -0.980. The van der Waals surface area contributed by atoms with E-state index >= 15 is 0 Å². The van der Waals surface area contributed by atoms with Crippen LogP contribution in [0.25, 0.3) is 0 Å². The van der Waals surface area contributed by atoms with E-state index in [2.05, 4.69) is 44.3 Å². The molecule has 1 nitrogen and oxygen atoms in total. The van der Waals surface area contributed by atoms with Gasteiger partial charge in [-0.3, -0.25) is 0 Å². The Bertz CT molecular complexity index is 306. The third-order valence-electron chi connectivity index (χ3n) is 2.95. The van der Waals surface area contributed by atoms with Gasteiger partial charge in [-0.15, -0.1) is 0 Å². The molecular formula is C13H19N. The first kappa shape index (κ1) is 9.57. The number of nitrogens with one attached hydrogen (secondary N) is 1. The largest absolute Gasteiger partial charge is 0.382 e. The summed E-state index contributed by atoms with van der Waals surface area (Å²) >= 11 is 0. The van der Waals surface area contributed by atoms with Crippen LogP contribution >= 0.6 is 0 Å². The van der Waals surface area contributed by atoms with Crippen molar-refractivity contribution in [2.24, 2.45) is 5.92 Å². The molecule has 0 saturated heterocycles. The molecule has 0 radical (unpaired) electrons. The highest BCUT2D eigenvalue weighted by Crippen LogP contribution is 2.34. The third-order valence-corrected chi connectivity index (χ3v) is 2.95. The second-order valence-corrected chi connectivity index (χ2v) is 4.65. The molecule has 0 aromatic heterocycles. The lowest BCUT2D eigenvalue weighted by Crippen LogP contribution is -2.17. The summed E-state index contributed by atoms with van der Waals surface area (Å²) in [6.07, 6.45) is 2.80. The topological polar surface area (TPSA) is 12.0 Å². The summed E-state index contributed by atoms with van der Waals surface area (Å²) in [6, 6.07) is 7.31. The van der Waals surface area contributed by atoms with Gasteiger partial charge in [0.15, 0.2) is 0 Å². The summed E-state index contributed by atoms with van der Waals surface area (Å²) in [5, 5.41) is 3.59. The zero-order chi connectivity index (χ0) is 10.1. The molecule has 0 aliphatic heterocycles. The molecular weight excluding hydrogens is 170 g/mol. The number of aryl methyl sites for hydroxylation is 2. The fraction of sp³-hybridized carbons (Fsp3) is 0.538. The standard InChI is InChI=1S/C13H19N/c1-9-6-10(2)8-13(7-9)14-11(3)12-4-5-12/h6-8,11-12,14H,4-5H2,1-3H3/t11-/m0/s1. The molecule has 1 heteroatoms. The molecule has 1 aliphatic carbocycles. The van der Waals surface area contributed by atoms with Gasteiger partial charge in [0, 0.05) is 11.7 Å². The van der Waals surface area contributed by atoms with Gasteiger partial charge >= 0.3 is 0 Å². The van der Waals surface area contributed by atoms with Gasteiger partial charge in [0.05, 0.1) is 0 Å². The van der Waals surface area contributed by atoms with Crippen LogP contribution in [0.5, 0.6) is 0 Å². The fourth-order valence-corrected chi connectivity index (χ4v) is 2.03. The van der Waals surface area contributed by atoms with Gasteiger partial charge in [0.25, 0.3) is 0 Å². The maximum absolute atomic E-state index is 3.59. The summed E-state index contributed by atoms with van der Waals surface area (Å²) in [5.74, 6) is 0.913. The van der Waals surface area contributed by atoms with Crippen molar-refractivity contribution in [3.05, 3.63) is 29.3 Å². The van der Waals surface area contributed by atoms with Gasteiger partial charge in [-0.2, -0.15) is 0 Å². The smallest absolute Gasteiger partial charge is 0.0347 e. The molecule has 1 atom stereocenters. The minimum absolute atomic E-state index is 0.635. The van der Waals surface area contributed by atoms with Crippen LogP contribution in [0.15, 0.2) is 18.2 Å². The quantitative estimate of drug-likeness (QED) is 0.767. The highest BCUT2D eigenvalue weighted by Gasteiger charge is 2.27. The van der Waals surface area contributed by atoms with Crippen LogP contribution in [0.3, 0.4) is 0 Å². The lowest BCUT2D eigenvalue weighted by molar-refractivity contribution is 0.694. The van der Waals surface area contributed by atoms with Gasteiger partial charge in [0.1, 0.15) is 0 Å². The highest BCUT2D eigenvalue weighted by molar-refractivity contribution is 5.49. The molecule has 1 aromatic carbocycles. The van der Waals surface area contributed by atoms with Crippen molar-refractivity contribution in [3.8, 4) is 0 Å². The monoisotopic (exact) mass is 189 g/mol. The molecule has 0 heterocycles. The number of hydrogen-bond acceptors (Lipinski definition) is 1. The predicted octanol–water partition coefficient (Wildman–Crippen LogP) is 3.51. The maximum Gasteiger partial charge on any atom is 0.0347 e. The van der Waals surface area contributed by atoms with Gasteiger partial charge in [-0.25, -0.2) is 0 Å². The molecule has 0 amide bonds. The van der Waals surface area contributed by atoms with Crippen molar-refractivity contribution in [2.45, 2.75) is 39.7 Å². The maximum atomic E-state index is 3.59. The van der Waals surface area contributed by atoms with Crippen molar-refractivity contribution < 1.29 is 0 Å². The molecule has 76 valence electrons. The second kappa shape index (κ2) is 3.64. The van der Waals surface area contributed by atoms with E-state index in [1.54, 1.807) is 0 Å². The zero-order valence-corrected chi connectivity index (χ0v) is 9.30. The SMILES string of the molecule is Cc1cc(C)cc(N[C@@H](C)C2CC2)c1. The van der Waals surface area contributed by atoms with Crippen LogP contribution < -0.4 is 5.32 Å². The van der Waals surface area contributed by atoms with Gasteiger partial charge in [0.2, 0.25) is 0 Å². The first-order valence-electron chi connectivity index (χ1n) is 5.50. The number of benzene rings is 1. The Labute approximate surface area is 86.5 Å². The molecule has 1 N–H and O–H groups in total. The van der Waals surface area contributed by atoms with Crippen molar-refractivity contribution in [3.63, 3.8) is 0 Å². The third kappa shape index (κ3) is 2.28. The lowest BCUT2D eigenvalue weighted by Gasteiger charge is -2.15. The van der Waals surface area contributed by atoms with E-state index in [0.29, 0.717) is 6.04 Å². The van der Waals surface area contributed by atoms with Crippen LogP contribution in [-0.4, -0.2) is 6.04 Å². The Morgan fingerprint density at radius 2 is 1.71 bits per heavy atom. The number of hydrogen-bond donors (Lipinski definition) is 1.